The van der Waals surface area contributed by atoms with Gasteiger partial charge >= 0.3 is 0 Å². The maximum atomic E-state index is 11.7. The number of nitrogens with one attached hydrogen (secondary N) is 2. The maximum Gasteiger partial charge on any atom is 0.222 e. The van der Waals surface area contributed by atoms with Gasteiger partial charge in [0.1, 0.15) is 0 Å². The second-order valence-corrected chi connectivity index (χ2v) is 5.23. The van der Waals surface area contributed by atoms with Crippen molar-refractivity contribution >= 4 is 5.91 Å². The Balaban J connectivity index is 0.00000172. The normalized spacial score (nSPS) is 25.9. The van der Waals surface area contributed by atoms with Crippen LogP contribution in [0.5, 0.6) is 0 Å². The SMILES string of the molecule is CC.CNC(=O)C1CCC(NC)C(OCCN(C)C)C1. The van der Waals surface area contributed by atoms with Crippen molar-refractivity contribution in [3.63, 3.8) is 0 Å². The fourth-order valence-corrected chi connectivity index (χ4v) is 2.47. The molecular formula is C15H33N3O2. The highest BCUT2D eigenvalue weighted by atomic mass is 16.5. The second kappa shape index (κ2) is 11.1. The van der Waals surface area contributed by atoms with Gasteiger partial charge in [0.25, 0.3) is 0 Å². The van der Waals surface area contributed by atoms with Crippen LogP contribution in [0.1, 0.15) is 33.1 Å². The Bertz CT molecular complexity index is 260. The van der Waals surface area contributed by atoms with Crippen LogP contribution in [0.15, 0.2) is 0 Å². The number of carbonyl (C=O) groups excluding carboxylic acids is 1. The number of amides is 1. The largest absolute Gasteiger partial charge is 0.375 e. The third kappa shape index (κ3) is 6.68. The van der Waals surface area contributed by atoms with E-state index in [1.807, 2.05) is 35.0 Å². The standard InChI is InChI=1S/C13H27N3O2.C2H6/c1-14-11-6-5-10(13(17)15-2)9-12(11)18-8-7-16(3)4;1-2/h10-12,14H,5-9H2,1-4H3,(H,15,17);1-2H3. The van der Waals surface area contributed by atoms with Crippen molar-refractivity contribution in [2.45, 2.75) is 45.3 Å². The molecule has 5 nitrogen and oxygen atoms in total. The topological polar surface area (TPSA) is 53.6 Å². The van der Waals surface area contributed by atoms with E-state index in [1.165, 1.54) is 0 Å². The van der Waals surface area contributed by atoms with Gasteiger partial charge in [-0.15, -0.1) is 0 Å². The van der Waals surface area contributed by atoms with Gasteiger partial charge in [0, 0.05) is 25.6 Å². The van der Waals surface area contributed by atoms with Crippen molar-refractivity contribution in [1.29, 1.82) is 0 Å². The van der Waals surface area contributed by atoms with Crippen molar-refractivity contribution in [2.75, 3.05) is 41.3 Å². The smallest absolute Gasteiger partial charge is 0.222 e. The predicted molar refractivity (Wildman–Crippen MR) is 83.9 cm³/mol. The molecule has 0 bridgehead atoms. The average molecular weight is 287 g/mol. The molecular weight excluding hydrogens is 254 g/mol. The lowest BCUT2D eigenvalue weighted by Gasteiger charge is -2.35. The lowest BCUT2D eigenvalue weighted by Crippen LogP contribution is -2.47. The van der Waals surface area contributed by atoms with Gasteiger partial charge in [-0.3, -0.25) is 4.79 Å². The summed E-state index contributed by atoms with van der Waals surface area (Å²) in [5.41, 5.74) is 0. The van der Waals surface area contributed by atoms with Gasteiger partial charge < -0.3 is 20.3 Å². The molecule has 1 rings (SSSR count). The molecule has 1 amide bonds. The molecule has 1 fully saturated rings. The molecule has 0 aromatic carbocycles. The van der Waals surface area contributed by atoms with Crippen LogP contribution < -0.4 is 10.6 Å². The Labute approximate surface area is 124 Å². The van der Waals surface area contributed by atoms with Gasteiger partial charge in [-0.05, 0) is 40.4 Å². The van der Waals surface area contributed by atoms with Crippen LogP contribution in [0.4, 0.5) is 0 Å². The van der Waals surface area contributed by atoms with E-state index in [4.69, 9.17) is 4.74 Å². The molecule has 2 N–H and O–H groups in total. The van der Waals surface area contributed by atoms with Gasteiger partial charge in [-0.2, -0.15) is 0 Å². The minimum atomic E-state index is 0.101. The zero-order chi connectivity index (χ0) is 15.5. The van der Waals surface area contributed by atoms with Gasteiger partial charge in [0.15, 0.2) is 0 Å². The molecule has 1 aliphatic carbocycles. The summed E-state index contributed by atoms with van der Waals surface area (Å²) < 4.78 is 5.94. The number of ether oxygens (including phenoxy) is 1. The molecule has 20 heavy (non-hydrogen) atoms. The molecule has 0 saturated heterocycles. The van der Waals surface area contributed by atoms with E-state index in [-0.39, 0.29) is 17.9 Å². The summed E-state index contributed by atoms with van der Waals surface area (Å²) in [5.74, 6) is 0.245. The summed E-state index contributed by atoms with van der Waals surface area (Å²) in [6.45, 7) is 5.63. The highest BCUT2D eigenvalue weighted by Crippen LogP contribution is 2.26. The molecule has 1 aliphatic rings. The van der Waals surface area contributed by atoms with Crippen molar-refractivity contribution in [3.05, 3.63) is 0 Å². The summed E-state index contributed by atoms with van der Waals surface area (Å²) in [5, 5.41) is 6.04. The van der Waals surface area contributed by atoms with Crippen molar-refractivity contribution < 1.29 is 9.53 Å². The molecule has 0 aromatic rings. The summed E-state index contributed by atoms with van der Waals surface area (Å²) in [6, 6.07) is 0.369. The van der Waals surface area contributed by atoms with E-state index < -0.39 is 0 Å². The van der Waals surface area contributed by atoms with Crippen molar-refractivity contribution in [1.82, 2.24) is 15.5 Å². The zero-order valence-electron chi connectivity index (χ0n) is 14.0. The number of rotatable bonds is 6. The fraction of sp³-hybridized carbons (Fsp3) is 0.933. The first-order valence-electron chi connectivity index (χ1n) is 7.73. The highest BCUT2D eigenvalue weighted by Gasteiger charge is 2.33. The third-order valence-electron chi connectivity index (χ3n) is 3.65. The quantitative estimate of drug-likeness (QED) is 0.768. The molecule has 0 radical (unpaired) electrons. The van der Waals surface area contributed by atoms with Gasteiger partial charge in [-0.1, -0.05) is 13.8 Å². The maximum absolute atomic E-state index is 11.7. The highest BCUT2D eigenvalue weighted by molar-refractivity contribution is 5.78. The third-order valence-corrected chi connectivity index (χ3v) is 3.65. The van der Waals surface area contributed by atoms with Crippen LogP contribution in [0.2, 0.25) is 0 Å². The first-order chi connectivity index (χ1) is 9.58. The monoisotopic (exact) mass is 287 g/mol. The number of likely N-dealkylation sites (N-methyl/N-ethyl adjacent to an activating group) is 2. The van der Waals surface area contributed by atoms with E-state index in [0.29, 0.717) is 6.04 Å². The van der Waals surface area contributed by atoms with Crippen molar-refractivity contribution in [3.8, 4) is 0 Å². The molecule has 0 heterocycles. The molecule has 0 spiro atoms. The summed E-state index contributed by atoms with van der Waals surface area (Å²) >= 11 is 0. The van der Waals surface area contributed by atoms with E-state index in [9.17, 15) is 4.79 Å². The van der Waals surface area contributed by atoms with E-state index in [2.05, 4.69) is 15.5 Å². The first-order valence-corrected chi connectivity index (χ1v) is 7.73. The van der Waals surface area contributed by atoms with Gasteiger partial charge in [0.2, 0.25) is 5.91 Å². The minimum Gasteiger partial charge on any atom is -0.375 e. The van der Waals surface area contributed by atoms with Crippen molar-refractivity contribution in [2.24, 2.45) is 5.92 Å². The lowest BCUT2D eigenvalue weighted by atomic mass is 9.83. The number of carbonyl (C=O) groups is 1. The Kier molecular flexibility index (Phi) is 10.7. The van der Waals surface area contributed by atoms with E-state index >= 15 is 0 Å². The zero-order valence-corrected chi connectivity index (χ0v) is 14.0. The first kappa shape index (κ1) is 19.4. The van der Waals surface area contributed by atoms with Crippen LogP contribution in [0, 0.1) is 5.92 Å². The Morgan fingerprint density at radius 1 is 1.25 bits per heavy atom. The molecule has 3 unspecified atom stereocenters. The second-order valence-electron chi connectivity index (χ2n) is 5.23. The molecule has 5 heteroatoms. The van der Waals surface area contributed by atoms with Crippen LogP contribution in [-0.2, 0) is 9.53 Å². The molecule has 1 saturated carbocycles. The average Bonchev–Trinajstić information content (AvgIpc) is 2.48. The van der Waals surface area contributed by atoms with Crippen LogP contribution in [0.3, 0.4) is 0 Å². The number of hydrogen-bond donors (Lipinski definition) is 2. The van der Waals surface area contributed by atoms with Gasteiger partial charge in [0.05, 0.1) is 12.7 Å². The Morgan fingerprint density at radius 2 is 1.90 bits per heavy atom. The lowest BCUT2D eigenvalue weighted by molar-refractivity contribution is -0.128. The van der Waals surface area contributed by atoms with Crippen LogP contribution in [0.25, 0.3) is 0 Å². The molecule has 3 atom stereocenters. The predicted octanol–water partition coefficient (Wildman–Crippen LogP) is 1.09. The van der Waals surface area contributed by atoms with E-state index in [1.54, 1.807) is 7.05 Å². The van der Waals surface area contributed by atoms with Crippen LogP contribution in [-0.4, -0.2) is 64.3 Å². The molecule has 120 valence electrons. The van der Waals surface area contributed by atoms with Crippen LogP contribution >= 0.6 is 0 Å². The summed E-state index contributed by atoms with van der Waals surface area (Å²) in [6.07, 6.45) is 2.91. The Hall–Kier alpha value is -0.650. The summed E-state index contributed by atoms with van der Waals surface area (Å²) in [7, 11) is 7.74. The Morgan fingerprint density at radius 3 is 2.40 bits per heavy atom. The summed E-state index contributed by atoms with van der Waals surface area (Å²) in [4.78, 5) is 13.8. The molecule has 0 aromatic heterocycles. The number of nitrogens with zero attached hydrogens (tertiary/aromatic N) is 1. The number of hydrogen-bond acceptors (Lipinski definition) is 4. The van der Waals surface area contributed by atoms with Gasteiger partial charge in [-0.25, -0.2) is 0 Å². The van der Waals surface area contributed by atoms with E-state index in [0.717, 1.165) is 32.4 Å². The molecule has 0 aliphatic heterocycles. The fourth-order valence-electron chi connectivity index (χ4n) is 2.47. The minimum absolute atomic E-state index is 0.101.